The summed E-state index contributed by atoms with van der Waals surface area (Å²) in [5, 5.41) is 10.2. The van der Waals surface area contributed by atoms with Crippen LogP contribution in [0, 0.1) is 17.8 Å². The Morgan fingerprint density at radius 1 is 1.21 bits per heavy atom. The van der Waals surface area contributed by atoms with E-state index in [1.54, 1.807) is 33.9 Å². The van der Waals surface area contributed by atoms with Crippen molar-refractivity contribution in [1.82, 2.24) is 14.7 Å². The van der Waals surface area contributed by atoms with E-state index < -0.39 is 35.6 Å². The fourth-order valence-corrected chi connectivity index (χ4v) is 6.02. The molecule has 2 unspecified atom stereocenters. The van der Waals surface area contributed by atoms with E-state index in [-0.39, 0.29) is 36.3 Å². The Kier molecular flexibility index (Phi) is 7.39. The Hall–Kier alpha value is -2.19. The highest BCUT2D eigenvalue weighted by atomic mass is 16.5. The van der Waals surface area contributed by atoms with Crippen LogP contribution in [0.2, 0.25) is 0 Å². The quantitative estimate of drug-likeness (QED) is 0.497. The molecule has 6 atom stereocenters. The van der Waals surface area contributed by atoms with Crippen LogP contribution in [0.5, 0.6) is 0 Å². The maximum Gasteiger partial charge on any atom is 0.248 e. The summed E-state index contributed by atoms with van der Waals surface area (Å²) in [5.41, 5.74) is -1.06. The summed E-state index contributed by atoms with van der Waals surface area (Å²) in [6.45, 7) is 15.6. The minimum atomic E-state index is -1.06. The van der Waals surface area contributed by atoms with Gasteiger partial charge in [-0.3, -0.25) is 14.4 Å². The first-order valence-electron chi connectivity index (χ1n) is 11.9. The van der Waals surface area contributed by atoms with Gasteiger partial charge in [0.1, 0.15) is 11.6 Å². The first-order valence-corrected chi connectivity index (χ1v) is 11.9. The first kappa shape index (κ1) is 25.4. The van der Waals surface area contributed by atoms with Gasteiger partial charge >= 0.3 is 0 Å². The summed E-state index contributed by atoms with van der Waals surface area (Å²) in [4.78, 5) is 46.2. The van der Waals surface area contributed by atoms with Crippen molar-refractivity contribution >= 4 is 17.7 Å². The van der Waals surface area contributed by atoms with Gasteiger partial charge in [0.2, 0.25) is 17.7 Å². The molecule has 33 heavy (non-hydrogen) atoms. The number of amides is 3. The molecule has 3 rings (SSSR count). The molecular formula is C25H39N3O5. The Labute approximate surface area is 197 Å². The summed E-state index contributed by atoms with van der Waals surface area (Å²) in [6, 6.07) is -1.54. The van der Waals surface area contributed by atoms with Crippen LogP contribution in [-0.2, 0) is 19.1 Å². The number of hydrogen-bond donors (Lipinski definition) is 1. The van der Waals surface area contributed by atoms with Gasteiger partial charge in [0.15, 0.2) is 0 Å². The topological polar surface area (TPSA) is 90.4 Å². The van der Waals surface area contributed by atoms with Crippen LogP contribution in [-0.4, -0.2) is 94.1 Å². The van der Waals surface area contributed by atoms with Crippen LogP contribution in [0.4, 0.5) is 0 Å². The molecule has 0 aromatic heterocycles. The fourth-order valence-electron chi connectivity index (χ4n) is 6.02. The van der Waals surface area contributed by atoms with Gasteiger partial charge < -0.3 is 24.5 Å². The van der Waals surface area contributed by atoms with Gasteiger partial charge in [-0.05, 0) is 32.6 Å². The van der Waals surface area contributed by atoms with Crippen molar-refractivity contribution in [3.8, 4) is 0 Å². The number of aliphatic hydroxyl groups is 1. The van der Waals surface area contributed by atoms with Gasteiger partial charge in [-0.25, -0.2) is 0 Å². The van der Waals surface area contributed by atoms with Gasteiger partial charge in [0.05, 0.1) is 30.6 Å². The molecule has 3 aliphatic rings. The highest BCUT2D eigenvalue weighted by molar-refractivity contribution is 5.99. The van der Waals surface area contributed by atoms with E-state index in [0.29, 0.717) is 25.9 Å². The van der Waals surface area contributed by atoms with Crippen molar-refractivity contribution in [2.45, 2.75) is 70.4 Å². The van der Waals surface area contributed by atoms with E-state index in [2.05, 4.69) is 13.2 Å². The summed E-state index contributed by atoms with van der Waals surface area (Å²) in [6.07, 6.45) is 4.08. The summed E-state index contributed by atoms with van der Waals surface area (Å²) in [7, 11) is 1.69. The molecule has 1 spiro atoms. The van der Waals surface area contributed by atoms with Crippen LogP contribution in [0.15, 0.2) is 25.3 Å². The molecule has 0 saturated carbocycles. The second kappa shape index (κ2) is 9.58. The van der Waals surface area contributed by atoms with E-state index in [0.717, 1.165) is 0 Å². The lowest BCUT2D eigenvalue weighted by molar-refractivity contribution is -0.153. The summed E-state index contributed by atoms with van der Waals surface area (Å²) >= 11 is 0. The number of ether oxygens (including phenoxy) is 1. The number of hydrogen-bond acceptors (Lipinski definition) is 5. The van der Waals surface area contributed by atoms with Crippen molar-refractivity contribution in [2.24, 2.45) is 17.8 Å². The van der Waals surface area contributed by atoms with Crippen molar-refractivity contribution in [3.63, 3.8) is 0 Å². The highest BCUT2D eigenvalue weighted by Crippen LogP contribution is 2.59. The molecule has 8 nitrogen and oxygen atoms in total. The number of likely N-dealkylation sites (N-methyl/N-ethyl adjacent to an activating group) is 1. The molecule has 0 radical (unpaired) electrons. The lowest BCUT2D eigenvalue weighted by Crippen LogP contribution is -2.60. The van der Waals surface area contributed by atoms with Crippen molar-refractivity contribution in [3.05, 3.63) is 25.3 Å². The average Bonchev–Trinajstić information content (AvgIpc) is 3.39. The molecule has 3 aliphatic heterocycles. The van der Waals surface area contributed by atoms with Gasteiger partial charge in [0, 0.05) is 26.2 Å². The second-order valence-electron chi connectivity index (χ2n) is 10.2. The lowest BCUT2D eigenvalue weighted by atomic mass is 9.70. The van der Waals surface area contributed by atoms with Crippen LogP contribution in [0.25, 0.3) is 0 Å². The molecule has 3 fully saturated rings. The zero-order valence-electron chi connectivity index (χ0n) is 20.6. The molecule has 0 aliphatic carbocycles. The van der Waals surface area contributed by atoms with Crippen molar-refractivity contribution in [2.75, 3.05) is 26.7 Å². The Balaban J connectivity index is 2.11. The third-order valence-corrected chi connectivity index (χ3v) is 7.58. The van der Waals surface area contributed by atoms with Gasteiger partial charge in [-0.15, -0.1) is 13.2 Å². The predicted molar refractivity (Wildman–Crippen MR) is 125 cm³/mol. The molecule has 3 heterocycles. The van der Waals surface area contributed by atoms with E-state index in [9.17, 15) is 19.5 Å². The SMILES string of the molecule is C=CCN(C)C(=O)[C@@H]1[C@@H]2CCC3(O2)C(C(=O)N(CC=C)C(C)C)N([C@@H](CO)C(C)C)C(=O)[C@H]13. The largest absolute Gasteiger partial charge is 0.394 e. The van der Waals surface area contributed by atoms with Crippen molar-refractivity contribution in [1.29, 1.82) is 0 Å². The van der Waals surface area contributed by atoms with Gasteiger partial charge in [-0.2, -0.15) is 0 Å². The van der Waals surface area contributed by atoms with Crippen molar-refractivity contribution < 1.29 is 24.2 Å². The number of carbonyl (C=O) groups is 3. The monoisotopic (exact) mass is 461 g/mol. The third kappa shape index (κ3) is 3.91. The van der Waals surface area contributed by atoms with Gasteiger partial charge in [0.25, 0.3) is 0 Å². The number of rotatable bonds is 10. The molecule has 3 amide bonds. The van der Waals surface area contributed by atoms with E-state index >= 15 is 0 Å². The molecule has 1 N–H and O–H groups in total. The predicted octanol–water partition coefficient (Wildman–Crippen LogP) is 1.45. The maximum absolute atomic E-state index is 14.0. The number of carbonyl (C=O) groups excluding carboxylic acids is 3. The Morgan fingerprint density at radius 2 is 1.85 bits per heavy atom. The molecule has 0 aromatic carbocycles. The summed E-state index contributed by atoms with van der Waals surface area (Å²) in [5.74, 6) is -2.11. The maximum atomic E-state index is 14.0. The van der Waals surface area contributed by atoms with Gasteiger partial charge in [-0.1, -0.05) is 26.0 Å². The number of fused-ring (bicyclic) bond motifs is 1. The van der Waals surface area contributed by atoms with Crippen LogP contribution in [0.1, 0.15) is 40.5 Å². The minimum Gasteiger partial charge on any atom is -0.394 e. The first-order chi connectivity index (χ1) is 15.6. The Morgan fingerprint density at radius 3 is 2.36 bits per heavy atom. The van der Waals surface area contributed by atoms with Crippen LogP contribution >= 0.6 is 0 Å². The molecule has 8 heteroatoms. The van der Waals surface area contributed by atoms with E-state index in [4.69, 9.17) is 4.74 Å². The molecule has 3 saturated heterocycles. The molecular weight excluding hydrogens is 422 g/mol. The second-order valence-corrected chi connectivity index (χ2v) is 10.2. The number of nitrogens with zero attached hydrogens (tertiary/aromatic N) is 3. The number of aliphatic hydroxyl groups excluding tert-OH is 1. The molecule has 0 aromatic rings. The normalized spacial score (nSPS) is 31.2. The van der Waals surface area contributed by atoms with Crippen LogP contribution in [0.3, 0.4) is 0 Å². The molecule has 2 bridgehead atoms. The molecule has 184 valence electrons. The lowest BCUT2D eigenvalue weighted by Gasteiger charge is -2.41. The number of likely N-dealkylation sites (tertiary alicyclic amines) is 1. The Bertz CT molecular complexity index is 812. The van der Waals surface area contributed by atoms with Crippen LogP contribution < -0.4 is 0 Å². The fraction of sp³-hybridized carbons (Fsp3) is 0.720. The zero-order chi connectivity index (χ0) is 24.7. The van der Waals surface area contributed by atoms with E-state index in [1.165, 1.54) is 0 Å². The summed E-state index contributed by atoms with van der Waals surface area (Å²) < 4.78 is 6.47. The highest BCUT2D eigenvalue weighted by Gasteiger charge is 2.75. The average molecular weight is 462 g/mol. The minimum absolute atomic E-state index is 0.0776. The third-order valence-electron chi connectivity index (χ3n) is 7.58. The zero-order valence-corrected chi connectivity index (χ0v) is 20.6. The van der Waals surface area contributed by atoms with E-state index in [1.807, 2.05) is 27.7 Å². The standard InChI is InChI=1S/C25H39N3O5/c1-8-12-26(7)22(30)19-18-10-11-25(33-18)20(19)23(31)28(17(14-29)15(3)4)21(25)24(32)27(13-9-2)16(5)6/h8-9,15-21,29H,1-2,10-14H2,3-7H3/t17-,18-,19+,20-,21?,25?/m0/s1. The smallest absolute Gasteiger partial charge is 0.248 e.